The highest BCUT2D eigenvalue weighted by Crippen LogP contribution is 2.24. The number of pyridine rings is 1. The van der Waals surface area contributed by atoms with Gasteiger partial charge in [0, 0.05) is 30.6 Å². The first-order chi connectivity index (χ1) is 12.7. The lowest BCUT2D eigenvalue weighted by atomic mass is 10.2. The molecule has 4 rings (SSSR count). The van der Waals surface area contributed by atoms with Crippen molar-refractivity contribution >= 4 is 17.4 Å². The number of nitrogens with zero attached hydrogens (tertiary/aromatic N) is 5. The van der Waals surface area contributed by atoms with Crippen LogP contribution >= 0.6 is 0 Å². The van der Waals surface area contributed by atoms with Crippen LogP contribution in [0, 0.1) is 6.92 Å². The SMILES string of the molecule is CNc1cc(-c2ccnc(Nc3ccc(-n4cnc(C)n4)cc3)c2)no1. The predicted molar refractivity (Wildman–Crippen MR) is 98.7 cm³/mol. The molecule has 130 valence electrons. The summed E-state index contributed by atoms with van der Waals surface area (Å²) < 4.78 is 6.91. The van der Waals surface area contributed by atoms with Crippen molar-refractivity contribution in [2.24, 2.45) is 0 Å². The molecule has 0 aliphatic rings. The lowest BCUT2D eigenvalue weighted by molar-refractivity contribution is 0.436. The summed E-state index contributed by atoms with van der Waals surface area (Å²) in [6, 6.07) is 13.5. The molecule has 0 unspecified atom stereocenters. The molecular weight excluding hydrogens is 330 g/mol. The summed E-state index contributed by atoms with van der Waals surface area (Å²) in [5.74, 6) is 2.08. The van der Waals surface area contributed by atoms with Crippen molar-refractivity contribution < 1.29 is 4.52 Å². The predicted octanol–water partition coefficient (Wildman–Crippen LogP) is 3.41. The summed E-state index contributed by atoms with van der Waals surface area (Å²) in [6.07, 6.45) is 3.43. The Morgan fingerprint density at radius 2 is 1.88 bits per heavy atom. The van der Waals surface area contributed by atoms with E-state index in [-0.39, 0.29) is 0 Å². The van der Waals surface area contributed by atoms with Crippen LogP contribution in [-0.2, 0) is 0 Å². The average Bonchev–Trinajstić information content (AvgIpc) is 3.32. The van der Waals surface area contributed by atoms with Crippen molar-refractivity contribution in [2.45, 2.75) is 6.92 Å². The molecule has 3 heterocycles. The number of hydrogen-bond donors (Lipinski definition) is 2. The van der Waals surface area contributed by atoms with Gasteiger partial charge in [-0.2, -0.15) is 5.10 Å². The zero-order valence-corrected chi connectivity index (χ0v) is 14.3. The zero-order chi connectivity index (χ0) is 17.9. The fourth-order valence-electron chi connectivity index (χ4n) is 2.50. The van der Waals surface area contributed by atoms with Crippen molar-refractivity contribution in [1.29, 1.82) is 0 Å². The Kier molecular flexibility index (Phi) is 4.06. The highest BCUT2D eigenvalue weighted by Gasteiger charge is 2.07. The highest BCUT2D eigenvalue weighted by atomic mass is 16.5. The summed E-state index contributed by atoms with van der Waals surface area (Å²) in [6.45, 7) is 1.86. The largest absolute Gasteiger partial charge is 0.357 e. The van der Waals surface area contributed by atoms with E-state index in [4.69, 9.17) is 4.52 Å². The number of benzene rings is 1. The molecule has 1 aromatic carbocycles. The summed E-state index contributed by atoms with van der Waals surface area (Å²) in [7, 11) is 1.79. The van der Waals surface area contributed by atoms with Crippen LogP contribution in [0.25, 0.3) is 16.9 Å². The summed E-state index contributed by atoms with van der Waals surface area (Å²) >= 11 is 0. The molecule has 4 aromatic rings. The van der Waals surface area contributed by atoms with E-state index in [0.717, 1.165) is 34.3 Å². The van der Waals surface area contributed by atoms with E-state index in [2.05, 4.69) is 30.9 Å². The van der Waals surface area contributed by atoms with Gasteiger partial charge in [-0.15, -0.1) is 0 Å². The van der Waals surface area contributed by atoms with E-state index in [1.54, 1.807) is 24.3 Å². The molecule has 0 saturated heterocycles. The van der Waals surface area contributed by atoms with Gasteiger partial charge in [0.25, 0.3) is 0 Å². The Bertz CT molecular complexity index is 1020. The molecule has 0 aliphatic heterocycles. The van der Waals surface area contributed by atoms with Gasteiger partial charge < -0.3 is 15.2 Å². The van der Waals surface area contributed by atoms with Gasteiger partial charge in [0.2, 0.25) is 5.88 Å². The third-order valence-corrected chi connectivity index (χ3v) is 3.82. The summed E-state index contributed by atoms with van der Waals surface area (Å²) in [4.78, 5) is 8.50. The van der Waals surface area contributed by atoms with E-state index >= 15 is 0 Å². The Hall–Kier alpha value is -3.68. The van der Waals surface area contributed by atoms with E-state index in [9.17, 15) is 0 Å². The third-order valence-electron chi connectivity index (χ3n) is 3.82. The second kappa shape index (κ2) is 6.67. The molecule has 0 amide bonds. The van der Waals surface area contributed by atoms with Gasteiger partial charge >= 0.3 is 0 Å². The fraction of sp³-hybridized carbons (Fsp3) is 0.111. The number of aryl methyl sites for hydroxylation is 1. The van der Waals surface area contributed by atoms with Gasteiger partial charge in [-0.1, -0.05) is 5.16 Å². The molecule has 0 aliphatic carbocycles. The van der Waals surface area contributed by atoms with Crippen molar-refractivity contribution in [3.63, 3.8) is 0 Å². The quantitative estimate of drug-likeness (QED) is 0.571. The molecule has 2 N–H and O–H groups in total. The number of aromatic nitrogens is 5. The van der Waals surface area contributed by atoms with Gasteiger partial charge in [0.05, 0.1) is 5.69 Å². The second-order valence-corrected chi connectivity index (χ2v) is 5.66. The summed E-state index contributed by atoms with van der Waals surface area (Å²) in [5.41, 5.74) is 3.53. The van der Waals surface area contributed by atoms with Crippen molar-refractivity contribution in [3.8, 4) is 16.9 Å². The van der Waals surface area contributed by atoms with Crippen LogP contribution < -0.4 is 10.6 Å². The van der Waals surface area contributed by atoms with Gasteiger partial charge in [0.15, 0.2) is 0 Å². The van der Waals surface area contributed by atoms with Crippen LogP contribution in [0.3, 0.4) is 0 Å². The minimum Gasteiger partial charge on any atom is -0.357 e. The van der Waals surface area contributed by atoms with Crippen LogP contribution in [0.1, 0.15) is 5.82 Å². The Morgan fingerprint density at radius 3 is 2.58 bits per heavy atom. The van der Waals surface area contributed by atoms with Gasteiger partial charge in [0.1, 0.15) is 23.7 Å². The minimum absolute atomic E-state index is 0.616. The number of nitrogens with one attached hydrogen (secondary N) is 2. The molecule has 0 saturated carbocycles. The maximum Gasteiger partial charge on any atom is 0.225 e. The fourth-order valence-corrected chi connectivity index (χ4v) is 2.50. The van der Waals surface area contributed by atoms with Crippen LogP contribution in [0.2, 0.25) is 0 Å². The monoisotopic (exact) mass is 347 g/mol. The van der Waals surface area contributed by atoms with Gasteiger partial charge in [-0.05, 0) is 43.3 Å². The zero-order valence-electron chi connectivity index (χ0n) is 14.3. The lowest BCUT2D eigenvalue weighted by Gasteiger charge is -2.07. The normalized spacial score (nSPS) is 10.7. The molecule has 0 spiro atoms. The Labute approximate surface area is 149 Å². The van der Waals surface area contributed by atoms with E-state index in [1.165, 1.54) is 0 Å². The maximum absolute atomic E-state index is 5.17. The molecule has 8 heteroatoms. The maximum atomic E-state index is 5.17. The Morgan fingerprint density at radius 1 is 1.04 bits per heavy atom. The van der Waals surface area contributed by atoms with Crippen molar-refractivity contribution in [2.75, 3.05) is 17.7 Å². The standard InChI is InChI=1S/C18H17N7O/c1-12-21-11-25(23-12)15-5-3-14(4-6-15)22-17-9-13(7-8-20-17)16-10-18(19-2)26-24-16/h3-11,19H,1-2H3,(H,20,22). The van der Waals surface area contributed by atoms with E-state index < -0.39 is 0 Å². The lowest BCUT2D eigenvalue weighted by Crippen LogP contribution is -1.97. The first-order valence-electron chi connectivity index (χ1n) is 8.08. The molecule has 26 heavy (non-hydrogen) atoms. The van der Waals surface area contributed by atoms with Crippen LogP contribution in [0.15, 0.2) is 59.5 Å². The number of hydrogen-bond acceptors (Lipinski definition) is 7. The smallest absolute Gasteiger partial charge is 0.225 e. The second-order valence-electron chi connectivity index (χ2n) is 5.66. The first kappa shape index (κ1) is 15.8. The Balaban J connectivity index is 1.53. The van der Waals surface area contributed by atoms with Crippen LogP contribution in [-0.4, -0.2) is 32.0 Å². The molecular formula is C18H17N7O. The van der Waals surface area contributed by atoms with Crippen molar-refractivity contribution in [3.05, 3.63) is 60.8 Å². The van der Waals surface area contributed by atoms with Crippen LogP contribution in [0.5, 0.6) is 0 Å². The minimum atomic E-state index is 0.616. The summed E-state index contributed by atoms with van der Waals surface area (Å²) in [5, 5.41) is 14.6. The molecule has 0 atom stereocenters. The number of anilines is 3. The molecule has 0 fully saturated rings. The van der Waals surface area contributed by atoms with Crippen LogP contribution in [0.4, 0.5) is 17.4 Å². The van der Waals surface area contributed by atoms with Gasteiger partial charge in [-0.25, -0.2) is 14.6 Å². The average molecular weight is 347 g/mol. The third kappa shape index (κ3) is 3.25. The van der Waals surface area contributed by atoms with Gasteiger partial charge in [-0.3, -0.25) is 0 Å². The molecule has 0 bridgehead atoms. The number of rotatable bonds is 5. The molecule has 8 nitrogen and oxygen atoms in total. The highest BCUT2D eigenvalue weighted by molar-refractivity contribution is 5.67. The van der Waals surface area contributed by atoms with Crippen molar-refractivity contribution in [1.82, 2.24) is 24.9 Å². The molecule has 0 radical (unpaired) electrons. The topological polar surface area (TPSA) is 93.7 Å². The first-order valence-corrected chi connectivity index (χ1v) is 8.08. The van der Waals surface area contributed by atoms with E-state index in [1.807, 2.05) is 49.4 Å². The molecule has 3 aromatic heterocycles. The van der Waals surface area contributed by atoms with E-state index in [0.29, 0.717) is 5.88 Å².